The third kappa shape index (κ3) is 3.16. The number of nitrogens with zero attached hydrogens (tertiary/aromatic N) is 1. The van der Waals surface area contributed by atoms with Gasteiger partial charge < -0.3 is 19.5 Å². The van der Waals surface area contributed by atoms with Crippen molar-refractivity contribution in [2.45, 2.75) is 19.8 Å². The Balaban J connectivity index is 1.64. The number of aromatic hydroxyl groups is 1. The van der Waals surface area contributed by atoms with E-state index < -0.39 is 0 Å². The van der Waals surface area contributed by atoms with Crippen LogP contribution in [0.5, 0.6) is 11.5 Å². The first-order valence-electron chi connectivity index (χ1n) is 7.76. The van der Waals surface area contributed by atoms with E-state index in [0.29, 0.717) is 43.9 Å². The second kappa shape index (κ2) is 6.32. The van der Waals surface area contributed by atoms with Gasteiger partial charge in [-0.3, -0.25) is 9.59 Å². The molecule has 1 aromatic carbocycles. The molecule has 1 fully saturated rings. The standard InChI is InChI=1S/C17H19NO5/c1-2-22-17(21)11-5-7-18(8-6-11)10-15-16(20)13-4-3-12(19)9-14(13)23-15/h3-4,9-11,19H,2,5-8H2,1H3. The number of ketones is 1. The average molecular weight is 317 g/mol. The molecule has 0 saturated carbocycles. The van der Waals surface area contributed by atoms with Crippen LogP contribution >= 0.6 is 0 Å². The summed E-state index contributed by atoms with van der Waals surface area (Å²) in [6, 6.07) is 4.45. The van der Waals surface area contributed by atoms with Gasteiger partial charge in [0.1, 0.15) is 11.5 Å². The largest absolute Gasteiger partial charge is 0.508 e. The second-order valence-electron chi connectivity index (χ2n) is 5.67. The Hall–Kier alpha value is -2.50. The summed E-state index contributed by atoms with van der Waals surface area (Å²) < 4.78 is 10.6. The summed E-state index contributed by atoms with van der Waals surface area (Å²) in [4.78, 5) is 26.0. The molecule has 0 atom stereocenters. The number of likely N-dealkylation sites (tertiary alicyclic amines) is 1. The molecular weight excluding hydrogens is 298 g/mol. The number of esters is 1. The fraction of sp³-hybridized carbons (Fsp3) is 0.412. The first-order valence-corrected chi connectivity index (χ1v) is 7.76. The SMILES string of the molecule is CCOC(=O)C1CCN(C=C2Oc3cc(O)ccc3C2=O)CC1. The minimum absolute atomic E-state index is 0.0630. The average Bonchev–Trinajstić information content (AvgIpc) is 2.83. The maximum atomic E-state index is 12.3. The minimum Gasteiger partial charge on any atom is -0.508 e. The Morgan fingerprint density at radius 3 is 2.87 bits per heavy atom. The Kier molecular flexibility index (Phi) is 4.23. The molecule has 122 valence electrons. The second-order valence-corrected chi connectivity index (χ2v) is 5.67. The molecule has 2 aliphatic rings. The Morgan fingerprint density at radius 1 is 1.43 bits per heavy atom. The normalized spacial score (nSPS) is 19.6. The minimum atomic E-state index is -0.187. The first-order chi connectivity index (χ1) is 11.1. The number of hydrogen-bond acceptors (Lipinski definition) is 6. The smallest absolute Gasteiger partial charge is 0.309 e. The zero-order valence-corrected chi connectivity index (χ0v) is 12.9. The number of phenols is 1. The predicted molar refractivity (Wildman–Crippen MR) is 82.1 cm³/mol. The molecule has 0 radical (unpaired) electrons. The summed E-state index contributed by atoms with van der Waals surface area (Å²) in [6.07, 6.45) is 3.09. The molecule has 23 heavy (non-hydrogen) atoms. The van der Waals surface area contributed by atoms with Gasteiger partial charge in [-0.1, -0.05) is 0 Å². The zero-order valence-electron chi connectivity index (χ0n) is 12.9. The van der Waals surface area contributed by atoms with Crippen molar-refractivity contribution in [2.24, 2.45) is 5.92 Å². The highest BCUT2D eigenvalue weighted by molar-refractivity contribution is 6.12. The van der Waals surface area contributed by atoms with E-state index in [0.717, 1.165) is 0 Å². The van der Waals surface area contributed by atoms with E-state index in [9.17, 15) is 14.7 Å². The van der Waals surface area contributed by atoms with Crippen LogP contribution in [0.3, 0.4) is 0 Å². The first kappa shape index (κ1) is 15.4. The lowest BCUT2D eigenvalue weighted by Gasteiger charge is -2.29. The quantitative estimate of drug-likeness (QED) is 0.679. The number of fused-ring (bicyclic) bond motifs is 1. The molecule has 0 aromatic heterocycles. The van der Waals surface area contributed by atoms with E-state index in [-0.39, 0.29) is 29.2 Å². The van der Waals surface area contributed by atoms with Gasteiger partial charge in [0.15, 0.2) is 5.76 Å². The van der Waals surface area contributed by atoms with Crippen LogP contribution in [0.15, 0.2) is 30.2 Å². The highest BCUT2D eigenvalue weighted by atomic mass is 16.5. The van der Waals surface area contributed by atoms with Crippen molar-refractivity contribution in [3.8, 4) is 11.5 Å². The molecule has 0 bridgehead atoms. The molecule has 2 aliphatic heterocycles. The predicted octanol–water partition coefficient (Wildman–Crippen LogP) is 2.08. The van der Waals surface area contributed by atoms with Crippen LogP contribution in [-0.2, 0) is 9.53 Å². The molecule has 6 nitrogen and oxygen atoms in total. The molecule has 0 amide bonds. The van der Waals surface area contributed by atoms with Gasteiger partial charge in [0, 0.05) is 25.4 Å². The van der Waals surface area contributed by atoms with Crippen LogP contribution in [0.4, 0.5) is 0 Å². The maximum absolute atomic E-state index is 12.3. The van der Waals surface area contributed by atoms with Crippen molar-refractivity contribution in [1.82, 2.24) is 4.90 Å². The van der Waals surface area contributed by atoms with E-state index >= 15 is 0 Å². The van der Waals surface area contributed by atoms with E-state index in [1.54, 1.807) is 19.2 Å². The molecule has 0 unspecified atom stereocenters. The molecule has 1 aromatic rings. The number of phenolic OH excluding ortho intramolecular Hbond substituents is 1. The van der Waals surface area contributed by atoms with Gasteiger partial charge in [-0.05, 0) is 31.9 Å². The van der Waals surface area contributed by atoms with Crippen LogP contribution in [0.25, 0.3) is 0 Å². The van der Waals surface area contributed by atoms with Crippen molar-refractivity contribution >= 4 is 11.8 Å². The van der Waals surface area contributed by atoms with Gasteiger partial charge >= 0.3 is 5.97 Å². The lowest BCUT2D eigenvalue weighted by atomic mass is 9.97. The molecule has 0 aliphatic carbocycles. The summed E-state index contributed by atoms with van der Waals surface area (Å²) in [5.74, 6) is 0.290. The number of benzene rings is 1. The van der Waals surface area contributed by atoms with Crippen molar-refractivity contribution in [3.63, 3.8) is 0 Å². The van der Waals surface area contributed by atoms with E-state index in [2.05, 4.69) is 0 Å². The number of carbonyl (C=O) groups excluding carboxylic acids is 2. The number of Topliss-reactive ketones (excluding diaryl/α,β-unsaturated/α-hetero) is 1. The van der Waals surface area contributed by atoms with Gasteiger partial charge in [0.05, 0.1) is 18.1 Å². The van der Waals surface area contributed by atoms with E-state index in [1.165, 1.54) is 12.1 Å². The third-order valence-electron chi connectivity index (χ3n) is 4.10. The number of allylic oxidation sites excluding steroid dienone is 1. The fourth-order valence-electron chi connectivity index (χ4n) is 2.86. The number of hydrogen-bond donors (Lipinski definition) is 1. The van der Waals surface area contributed by atoms with Crippen molar-refractivity contribution < 1.29 is 24.2 Å². The number of rotatable bonds is 3. The number of piperidine rings is 1. The topological polar surface area (TPSA) is 76.1 Å². The molecule has 1 N–H and O–H groups in total. The summed E-state index contributed by atoms with van der Waals surface area (Å²) in [6.45, 7) is 3.54. The lowest BCUT2D eigenvalue weighted by molar-refractivity contribution is -0.149. The van der Waals surface area contributed by atoms with Gasteiger partial charge in [0.2, 0.25) is 5.78 Å². The van der Waals surface area contributed by atoms with Crippen molar-refractivity contribution in [1.29, 1.82) is 0 Å². The van der Waals surface area contributed by atoms with Crippen molar-refractivity contribution in [2.75, 3.05) is 19.7 Å². The summed E-state index contributed by atoms with van der Waals surface area (Å²) >= 11 is 0. The molecule has 0 spiro atoms. The zero-order chi connectivity index (χ0) is 16.4. The molecule has 2 heterocycles. The maximum Gasteiger partial charge on any atom is 0.309 e. The van der Waals surface area contributed by atoms with Crippen LogP contribution < -0.4 is 4.74 Å². The number of ether oxygens (including phenoxy) is 2. The summed E-state index contributed by atoms with van der Waals surface area (Å²) in [5.41, 5.74) is 0.454. The van der Waals surface area contributed by atoms with Crippen LogP contribution in [0, 0.1) is 5.92 Å². The molecule has 3 rings (SSSR count). The van der Waals surface area contributed by atoms with Crippen LogP contribution in [0.1, 0.15) is 30.1 Å². The Morgan fingerprint density at radius 2 is 2.17 bits per heavy atom. The highest BCUT2D eigenvalue weighted by Crippen LogP contribution is 2.34. The Labute approximate surface area is 134 Å². The molecular formula is C17H19NO5. The van der Waals surface area contributed by atoms with Gasteiger partial charge in [0.25, 0.3) is 0 Å². The Bertz CT molecular complexity index is 659. The van der Waals surface area contributed by atoms with E-state index in [1.807, 2.05) is 4.90 Å². The third-order valence-corrected chi connectivity index (χ3v) is 4.10. The fourth-order valence-corrected chi connectivity index (χ4v) is 2.86. The number of carbonyl (C=O) groups is 2. The van der Waals surface area contributed by atoms with Crippen molar-refractivity contribution in [3.05, 3.63) is 35.7 Å². The van der Waals surface area contributed by atoms with E-state index in [4.69, 9.17) is 9.47 Å². The molecule has 6 heteroatoms. The molecule has 1 saturated heterocycles. The van der Waals surface area contributed by atoms with Crippen LogP contribution in [-0.4, -0.2) is 41.5 Å². The lowest BCUT2D eigenvalue weighted by Crippen LogP contribution is -2.34. The monoisotopic (exact) mass is 317 g/mol. The van der Waals surface area contributed by atoms with Gasteiger partial charge in [-0.25, -0.2) is 0 Å². The van der Waals surface area contributed by atoms with Gasteiger partial charge in [-0.15, -0.1) is 0 Å². The van der Waals surface area contributed by atoms with Crippen LogP contribution in [0.2, 0.25) is 0 Å². The summed E-state index contributed by atoms with van der Waals surface area (Å²) in [5, 5.41) is 9.45. The summed E-state index contributed by atoms with van der Waals surface area (Å²) in [7, 11) is 0. The highest BCUT2D eigenvalue weighted by Gasteiger charge is 2.30. The van der Waals surface area contributed by atoms with Gasteiger partial charge in [-0.2, -0.15) is 0 Å².